The topological polar surface area (TPSA) is 192 Å². The molecular formula is C38H47N5O9. The number of nitrogens with one attached hydrogen (secondary N) is 4. The summed E-state index contributed by atoms with van der Waals surface area (Å²) in [4.78, 5) is 82.1. The van der Waals surface area contributed by atoms with Gasteiger partial charge in [-0.15, -0.1) is 0 Å². The van der Waals surface area contributed by atoms with E-state index in [9.17, 15) is 33.9 Å². The van der Waals surface area contributed by atoms with Gasteiger partial charge in [-0.1, -0.05) is 25.0 Å². The number of aliphatic carboxylic acids is 1. The first-order chi connectivity index (χ1) is 25.1. The normalized spacial score (nSPS) is 24.9. The summed E-state index contributed by atoms with van der Waals surface area (Å²) in [6.45, 7) is 0.818. The number of hydrogen-bond donors (Lipinski definition) is 5. The lowest BCUT2D eigenvalue weighted by Gasteiger charge is -2.30. The van der Waals surface area contributed by atoms with Gasteiger partial charge in [0, 0.05) is 37.5 Å². The Hall–Kier alpha value is -5.14. The Labute approximate surface area is 302 Å². The van der Waals surface area contributed by atoms with Crippen molar-refractivity contribution < 1.29 is 43.3 Å². The highest BCUT2D eigenvalue weighted by Crippen LogP contribution is 2.42. The van der Waals surface area contributed by atoms with E-state index in [-0.39, 0.29) is 44.0 Å². The molecule has 0 aromatic heterocycles. The molecule has 0 radical (unpaired) electrons. The number of carboxylic acid groups (broad SMARTS) is 1. The molecule has 14 heteroatoms. The molecule has 0 spiro atoms. The first kappa shape index (κ1) is 36.6. The molecule has 1 aliphatic carbocycles. The highest BCUT2D eigenvalue weighted by molar-refractivity contribution is 5.99. The van der Waals surface area contributed by atoms with Crippen LogP contribution in [0.15, 0.2) is 42.5 Å². The maximum atomic E-state index is 14.5. The van der Waals surface area contributed by atoms with Gasteiger partial charge < -0.3 is 40.7 Å². The lowest BCUT2D eigenvalue weighted by atomic mass is 9.77. The summed E-state index contributed by atoms with van der Waals surface area (Å²) in [6, 6.07) is 8.40. The average Bonchev–Trinajstić information content (AvgIpc) is 3.92. The van der Waals surface area contributed by atoms with Crippen molar-refractivity contribution in [2.24, 2.45) is 0 Å². The van der Waals surface area contributed by atoms with E-state index >= 15 is 0 Å². The van der Waals surface area contributed by atoms with Crippen LogP contribution >= 0.6 is 0 Å². The van der Waals surface area contributed by atoms with Crippen LogP contribution in [0.3, 0.4) is 0 Å². The molecular weight excluding hydrogens is 670 g/mol. The fraction of sp³-hybridized carbons (Fsp3) is 0.526. The van der Waals surface area contributed by atoms with Crippen LogP contribution < -0.4 is 30.7 Å². The molecule has 1 saturated carbocycles. The number of rotatable bonds is 7. The first-order valence-corrected chi connectivity index (χ1v) is 18.2. The number of methoxy groups -OCH3 is 1. The number of hydrogen-bond acceptors (Lipinski definition) is 8. The zero-order valence-electron chi connectivity index (χ0n) is 29.4. The van der Waals surface area contributed by atoms with Crippen molar-refractivity contribution in [3.8, 4) is 11.5 Å². The minimum atomic E-state index is -1.37. The molecule has 278 valence electrons. The average molecular weight is 718 g/mol. The van der Waals surface area contributed by atoms with E-state index in [0.29, 0.717) is 62.3 Å². The number of carboxylic acids is 1. The Morgan fingerprint density at radius 1 is 0.962 bits per heavy atom. The van der Waals surface area contributed by atoms with E-state index in [1.54, 1.807) is 25.3 Å². The van der Waals surface area contributed by atoms with Crippen LogP contribution in [0.1, 0.15) is 85.7 Å². The van der Waals surface area contributed by atoms with Crippen LogP contribution in [-0.2, 0) is 35.8 Å². The molecule has 0 bridgehead atoms. The number of benzene rings is 2. The lowest BCUT2D eigenvalue weighted by Crippen LogP contribution is -2.55. The monoisotopic (exact) mass is 717 g/mol. The van der Waals surface area contributed by atoms with Gasteiger partial charge in [-0.05, 0) is 86.4 Å². The van der Waals surface area contributed by atoms with Crippen LogP contribution in [0.5, 0.6) is 11.5 Å². The number of carbonyl (C=O) groups excluding carboxylic acids is 5. The van der Waals surface area contributed by atoms with Crippen molar-refractivity contribution in [3.05, 3.63) is 59.2 Å². The molecule has 3 fully saturated rings. The maximum absolute atomic E-state index is 14.5. The first-order valence-electron chi connectivity index (χ1n) is 18.2. The van der Waals surface area contributed by atoms with Gasteiger partial charge in [0.15, 0.2) is 0 Å². The minimum absolute atomic E-state index is 0.0122. The summed E-state index contributed by atoms with van der Waals surface area (Å²) in [5, 5.41) is 21.2. The molecule has 52 heavy (non-hydrogen) atoms. The standard InChI is InChI=1S/C38H47N5O9/c1-51-27-10-8-25(9-11-27)38(16-3-4-17-38)37(50)40-26-21-30-34(46)42-29(36(48)49)12-14-32(44)39-18-5-2-6-28(35(47)43(30)22-26)41-33(45)24-7-13-31-23(20-24)15-19-52-31/h7-11,13,20,26,28-30H,2-6,12,14-19,21-22H2,1H3,(H,39,44)(H,40,50)(H,41,45)(H,42,46)(H,48,49)/t26-,28+,29+,30+/m1/s1. The van der Waals surface area contributed by atoms with Gasteiger partial charge in [0.1, 0.15) is 29.6 Å². The Morgan fingerprint density at radius 2 is 1.73 bits per heavy atom. The summed E-state index contributed by atoms with van der Waals surface area (Å²) >= 11 is 0. The minimum Gasteiger partial charge on any atom is -0.497 e. The maximum Gasteiger partial charge on any atom is 0.326 e. The molecule has 4 atom stereocenters. The second-order valence-corrected chi connectivity index (χ2v) is 14.2. The second-order valence-electron chi connectivity index (χ2n) is 14.2. The fourth-order valence-electron chi connectivity index (χ4n) is 7.91. The SMILES string of the molecule is COc1ccc(C2(C(=O)N[C@@H]3C[C@H]4C(=O)N[C@H](C(=O)O)CCC(=O)NCCCC[C@H](NC(=O)c5ccc6c(c5)CCO6)C(=O)N4C3)CCCC2)cc1. The third-order valence-corrected chi connectivity index (χ3v) is 10.8. The molecule has 3 aliphatic heterocycles. The summed E-state index contributed by atoms with van der Waals surface area (Å²) in [6.07, 6.45) is 4.69. The van der Waals surface area contributed by atoms with Crippen LogP contribution in [-0.4, -0.2) is 96.5 Å². The fourth-order valence-corrected chi connectivity index (χ4v) is 7.91. The van der Waals surface area contributed by atoms with E-state index in [1.807, 2.05) is 24.3 Å². The van der Waals surface area contributed by atoms with Gasteiger partial charge in [-0.25, -0.2) is 4.79 Å². The van der Waals surface area contributed by atoms with E-state index in [4.69, 9.17) is 9.47 Å². The molecule has 4 aliphatic rings. The van der Waals surface area contributed by atoms with E-state index in [2.05, 4.69) is 21.3 Å². The predicted molar refractivity (Wildman–Crippen MR) is 188 cm³/mol. The molecule has 3 heterocycles. The van der Waals surface area contributed by atoms with Gasteiger partial charge in [0.25, 0.3) is 5.91 Å². The molecule has 0 unspecified atom stereocenters. The Balaban J connectivity index is 1.27. The molecule has 5 N–H and O–H groups in total. The quantitative estimate of drug-likeness (QED) is 0.285. The molecule has 14 nitrogen and oxygen atoms in total. The van der Waals surface area contributed by atoms with Crippen LogP contribution in [0.2, 0.25) is 0 Å². The molecule has 2 aromatic rings. The highest BCUT2D eigenvalue weighted by atomic mass is 16.5. The smallest absolute Gasteiger partial charge is 0.326 e. The van der Waals surface area contributed by atoms with Crippen molar-refractivity contribution in [1.29, 1.82) is 0 Å². The zero-order chi connectivity index (χ0) is 36.8. The van der Waals surface area contributed by atoms with Gasteiger partial charge in [-0.2, -0.15) is 0 Å². The van der Waals surface area contributed by atoms with E-state index in [0.717, 1.165) is 24.0 Å². The summed E-state index contributed by atoms with van der Waals surface area (Å²) < 4.78 is 10.9. The number of ether oxygens (including phenoxy) is 2. The highest BCUT2D eigenvalue weighted by Gasteiger charge is 2.47. The van der Waals surface area contributed by atoms with Crippen molar-refractivity contribution in [1.82, 2.24) is 26.2 Å². The van der Waals surface area contributed by atoms with Gasteiger partial charge >= 0.3 is 5.97 Å². The number of nitrogens with zero attached hydrogens (tertiary/aromatic N) is 1. The number of carbonyl (C=O) groups is 6. The molecule has 6 rings (SSSR count). The summed E-state index contributed by atoms with van der Waals surface area (Å²) in [7, 11) is 1.58. The summed E-state index contributed by atoms with van der Waals surface area (Å²) in [5.74, 6) is -2.14. The summed E-state index contributed by atoms with van der Waals surface area (Å²) in [5.41, 5.74) is 1.33. The van der Waals surface area contributed by atoms with Crippen LogP contribution in [0.25, 0.3) is 0 Å². The zero-order valence-corrected chi connectivity index (χ0v) is 29.4. The number of amides is 5. The van der Waals surface area contributed by atoms with Crippen LogP contribution in [0.4, 0.5) is 0 Å². The Morgan fingerprint density at radius 3 is 2.46 bits per heavy atom. The molecule has 5 amide bonds. The van der Waals surface area contributed by atoms with Crippen LogP contribution in [0, 0.1) is 0 Å². The Bertz CT molecular complexity index is 1690. The van der Waals surface area contributed by atoms with Gasteiger partial charge in [0.05, 0.1) is 19.1 Å². The van der Waals surface area contributed by atoms with Crippen molar-refractivity contribution in [2.75, 3.05) is 26.8 Å². The molecule has 2 aromatic carbocycles. The third-order valence-electron chi connectivity index (χ3n) is 10.8. The van der Waals surface area contributed by atoms with E-state index in [1.165, 1.54) is 4.90 Å². The van der Waals surface area contributed by atoms with E-state index < -0.39 is 53.3 Å². The Kier molecular flexibility index (Phi) is 11.3. The van der Waals surface area contributed by atoms with Crippen molar-refractivity contribution >= 4 is 35.5 Å². The van der Waals surface area contributed by atoms with Crippen molar-refractivity contribution in [3.63, 3.8) is 0 Å². The molecule has 2 saturated heterocycles. The van der Waals surface area contributed by atoms with Gasteiger partial charge in [-0.3, -0.25) is 24.0 Å². The third kappa shape index (κ3) is 8.00. The predicted octanol–water partition coefficient (Wildman–Crippen LogP) is 1.98. The second kappa shape index (κ2) is 16.0. The lowest BCUT2D eigenvalue weighted by molar-refractivity contribution is -0.144. The number of fused-ring (bicyclic) bond motifs is 2. The van der Waals surface area contributed by atoms with Gasteiger partial charge in [0.2, 0.25) is 23.6 Å². The largest absolute Gasteiger partial charge is 0.497 e. The van der Waals surface area contributed by atoms with Crippen molar-refractivity contribution in [2.45, 2.75) is 100 Å².